The summed E-state index contributed by atoms with van der Waals surface area (Å²) in [6.07, 6.45) is 0. The van der Waals surface area contributed by atoms with Gasteiger partial charge in [0.2, 0.25) is 0 Å². The van der Waals surface area contributed by atoms with Gasteiger partial charge in [-0.25, -0.2) is 8.78 Å². The Kier molecular flexibility index (Phi) is 3.11. The van der Waals surface area contributed by atoms with Crippen molar-refractivity contribution in [1.82, 2.24) is 0 Å². The van der Waals surface area contributed by atoms with Gasteiger partial charge in [-0.1, -0.05) is 0 Å². The van der Waals surface area contributed by atoms with Gasteiger partial charge >= 0.3 is 0 Å². The number of nitrogen functional groups attached to an aromatic ring is 1. The summed E-state index contributed by atoms with van der Waals surface area (Å²) in [4.78, 5) is 0. The minimum atomic E-state index is -0.667. The van der Waals surface area contributed by atoms with Crippen molar-refractivity contribution in [3.8, 4) is 6.07 Å². The van der Waals surface area contributed by atoms with Gasteiger partial charge in [0.05, 0.1) is 11.3 Å². The zero-order valence-electron chi connectivity index (χ0n) is 9.24. The maximum Gasteiger partial charge on any atom is 0.128 e. The van der Waals surface area contributed by atoms with E-state index in [1.807, 2.05) is 6.07 Å². The van der Waals surface area contributed by atoms with E-state index in [1.54, 1.807) is 6.07 Å². The minimum Gasteiger partial charge on any atom is -0.398 e. The maximum atomic E-state index is 13.0. The van der Waals surface area contributed by atoms with Crippen molar-refractivity contribution in [2.45, 2.75) is 0 Å². The summed E-state index contributed by atoms with van der Waals surface area (Å²) in [5, 5.41) is 11.5. The number of rotatable bonds is 2. The van der Waals surface area contributed by atoms with E-state index in [2.05, 4.69) is 5.32 Å². The Morgan fingerprint density at radius 2 is 1.67 bits per heavy atom. The van der Waals surface area contributed by atoms with Crippen molar-refractivity contribution in [2.75, 3.05) is 11.1 Å². The number of anilines is 3. The standard InChI is InChI=1S/C13H9F2N3/c14-9-3-10(15)5-12(4-9)18-11-2-1-8(7-16)13(17)6-11/h1-6,18H,17H2. The second-order valence-electron chi connectivity index (χ2n) is 3.70. The molecule has 0 amide bonds. The lowest BCUT2D eigenvalue weighted by Crippen LogP contribution is -1.96. The van der Waals surface area contributed by atoms with Crippen LogP contribution in [0.4, 0.5) is 25.8 Å². The fraction of sp³-hybridized carbons (Fsp3) is 0. The third-order valence-electron chi connectivity index (χ3n) is 2.32. The highest BCUT2D eigenvalue weighted by Crippen LogP contribution is 2.22. The van der Waals surface area contributed by atoms with Crippen LogP contribution in [0, 0.1) is 23.0 Å². The van der Waals surface area contributed by atoms with Crippen molar-refractivity contribution in [3.05, 3.63) is 53.6 Å². The molecule has 2 aromatic carbocycles. The van der Waals surface area contributed by atoms with E-state index in [0.29, 0.717) is 16.9 Å². The molecule has 0 atom stereocenters. The highest BCUT2D eigenvalue weighted by molar-refractivity contribution is 5.67. The number of nitrogens with zero attached hydrogens (tertiary/aromatic N) is 1. The predicted molar refractivity (Wildman–Crippen MR) is 65.2 cm³/mol. The number of halogens is 2. The fourth-order valence-corrected chi connectivity index (χ4v) is 1.53. The van der Waals surface area contributed by atoms with E-state index in [0.717, 1.165) is 18.2 Å². The van der Waals surface area contributed by atoms with Crippen LogP contribution in [-0.2, 0) is 0 Å². The first-order valence-electron chi connectivity index (χ1n) is 5.11. The van der Waals surface area contributed by atoms with Crippen molar-refractivity contribution < 1.29 is 8.78 Å². The lowest BCUT2D eigenvalue weighted by molar-refractivity contribution is 0.584. The van der Waals surface area contributed by atoms with Gasteiger partial charge < -0.3 is 11.1 Å². The minimum absolute atomic E-state index is 0.275. The lowest BCUT2D eigenvalue weighted by Gasteiger charge is -2.08. The summed E-state index contributed by atoms with van der Waals surface area (Å²) in [5.74, 6) is -1.33. The second kappa shape index (κ2) is 4.72. The molecular formula is C13H9F2N3. The lowest BCUT2D eigenvalue weighted by atomic mass is 10.1. The fourth-order valence-electron chi connectivity index (χ4n) is 1.53. The van der Waals surface area contributed by atoms with Crippen LogP contribution in [0.5, 0.6) is 0 Å². The van der Waals surface area contributed by atoms with Crippen LogP contribution in [-0.4, -0.2) is 0 Å². The Hall–Kier alpha value is -2.61. The number of nitrogens with two attached hydrogens (primary N) is 1. The van der Waals surface area contributed by atoms with E-state index >= 15 is 0 Å². The first-order chi connectivity index (χ1) is 8.58. The first-order valence-corrected chi connectivity index (χ1v) is 5.11. The summed E-state index contributed by atoms with van der Waals surface area (Å²) >= 11 is 0. The first kappa shape index (κ1) is 11.9. The smallest absolute Gasteiger partial charge is 0.128 e. The highest BCUT2D eigenvalue weighted by atomic mass is 19.1. The SMILES string of the molecule is N#Cc1ccc(Nc2cc(F)cc(F)c2)cc1N. The topological polar surface area (TPSA) is 61.8 Å². The van der Waals surface area contributed by atoms with E-state index in [4.69, 9.17) is 11.0 Å². The van der Waals surface area contributed by atoms with Gasteiger partial charge in [0.15, 0.2) is 0 Å². The average molecular weight is 245 g/mol. The van der Waals surface area contributed by atoms with Crippen molar-refractivity contribution in [2.24, 2.45) is 0 Å². The number of benzene rings is 2. The van der Waals surface area contributed by atoms with E-state index < -0.39 is 11.6 Å². The van der Waals surface area contributed by atoms with E-state index in [1.165, 1.54) is 12.1 Å². The molecule has 0 saturated carbocycles. The molecule has 2 rings (SSSR count). The molecule has 0 aliphatic rings. The average Bonchev–Trinajstić information content (AvgIpc) is 2.27. The highest BCUT2D eigenvalue weighted by Gasteiger charge is 2.03. The molecule has 0 aliphatic heterocycles. The van der Waals surface area contributed by atoms with Gasteiger partial charge in [-0.15, -0.1) is 0 Å². The molecule has 2 aromatic rings. The molecule has 0 heterocycles. The summed E-state index contributed by atoms with van der Waals surface area (Å²) in [5.41, 5.74) is 7.12. The van der Waals surface area contributed by atoms with Crippen LogP contribution in [0.2, 0.25) is 0 Å². The van der Waals surface area contributed by atoms with Crippen LogP contribution in [0.3, 0.4) is 0 Å². The van der Waals surface area contributed by atoms with Gasteiger partial charge in [0.1, 0.15) is 17.7 Å². The monoisotopic (exact) mass is 245 g/mol. The van der Waals surface area contributed by atoms with Crippen molar-refractivity contribution >= 4 is 17.1 Å². The van der Waals surface area contributed by atoms with E-state index in [-0.39, 0.29) is 5.69 Å². The normalized spacial score (nSPS) is 9.83. The Morgan fingerprint density at radius 1 is 1.00 bits per heavy atom. The molecule has 0 aromatic heterocycles. The van der Waals surface area contributed by atoms with Crippen LogP contribution in [0.1, 0.15) is 5.56 Å². The van der Waals surface area contributed by atoms with E-state index in [9.17, 15) is 8.78 Å². The quantitative estimate of drug-likeness (QED) is 0.799. The number of hydrogen-bond donors (Lipinski definition) is 2. The summed E-state index contributed by atoms with van der Waals surface area (Å²) < 4.78 is 26.0. The third-order valence-corrected chi connectivity index (χ3v) is 2.32. The molecule has 0 bridgehead atoms. The Morgan fingerprint density at radius 3 is 2.22 bits per heavy atom. The molecule has 3 N–H and O–H groups in total. The predicted octanol–water partition coefficient (Wildman–Crippen LogP) is 3.16. The van der Waals surface area contributed by atoms with Crippen LogP contribution < -0.4 is 11.1 Å². The Balaban J connectivity index is 2.29. The summed E-state index contributed by atoms with van der Waals surface area (Å²) in [7, 11) is 0. The molecule has 0 spiro atoms. The number of nitriles is 1. The van der Waals surface area contributed by atoms with Gasteiger partial charge in [-0.05, 0) is 30.3 Å². The summed E-state index contributed by atoms with van der Waals surface area (Å²) in [6, 6.07) is 9.72. The largest absolute Gasteiger partial charge is 0.398 e. The van der Waals surface area contributed by atoms with Gasteiger partial charge in [0.25, 0.3) is 0 Å². The maximum absolute atomic E-state index is 13.0. The van der Waals surface area contributed by atoms with Crippen molar-refractivity contribution in [3.63, 3.8) is 0 Å². The third kappa shape index (κ3) is 2.55. The second-order valence-corrected chi connectivity index (χ2v) is 3.70. The molecule has 0 radical (unpaired) electrons. The van der Waals surface area contributed by atoms with Crippen molar-refractivity contribution in [1.29, 1.82) is 5.26 Å². The molecule has 0 aliphatic carbocycles. The molecule has 90 valence electrons. The number of nitrogens with one attached hydrogen (secondary N) is 1. The van der Waals surface area contributed by atoms with Crippen LogP contribution in [0.15, 0.2) is 36.4 Å². The molecule has 5 heteroatoms. The zero-order chi connectivity index (χ0) is 13.1. The van der Waals surface area contributed by atoms with Crippen LogP contribution >= 0.6 is 0 Å². The Bertz CT molecular complexity index is 612. The summed E-state index contributed by atoms with van der Waals surface area (Å²) in [6.45, 7) is 0. The van der Waals surface area contributed by atoms with Gasteiger partial charge in [-0.3, -0.25) is 0 Å². The molecule has 3 nitrogen and oxygen atoms in total. The molecular weight excluding hydrogens is 236 g/mol. The molecule has 0 saturated heterocycles. The van der Waals surface area contributed by atoms with Gasteiger partial charge in [0, 0.05) is 17.4 Å². The van der Waals surface area contributed by atoms with Crippen LogP contribution in [0.25, 0.3) is 0 Å². The molecule has 0 fully saturated rings. The van der Waals surface area contributed by atoms with Gasteiger partial charge in [-0.2, -0.15) is 5.26 Å². The molecule has 18 heavy (non-hydrogen) atoms. The molecule has 0 unspecified atom stereocenters. The Labute approximate surface area is 102 Å². The number of hydrogen-bond acceptors (Lipinski definition) is 3. The zero-order valence-corrected chi connectivity index (χ0v) is 9.24.